The molecule has 25 heavy (non-hydrogen) atoms. The molecule has 0 aromatic heterocycles. The van der Waals surface area contributed by atoms with Gasteiger partial charge in [-0.2, -0.15) is 0 Å². The van der Waals surface area contributed by atoms with Crippen LogP contribution in [0, 0.1) is 0 Å². The molecule has 1 heterocycles. The van der Waals surface area contributed by atoms with Crippen molar-refractivity contribution >= 4 is 17.7 Å². The Morgan fingerprint density at radius 2 is 1.68 bits per heavy atom. The van der Waals surface area contributed by atoms with Crippen LogP contribution in [0.3, 0.4) is 0 Å². The van der Waals surface area contributed by atoms with Crippen molar-refractivity contribution in [2.75, 3.05) is 12.9 Å². The molecule has 1 aromatic carbocycles. The second kappa shape index (κ2) is 11.6. The molecule has 0 saturated carbocycles. The molecule has 0 spiro atoms. The Morgan fingerprint density at radius 3 is 2.36 bits per heavy atom. The van der Waals surface area contributed by atoms with Crippen LogP contribution in [-0.2, 0) is 14.3 Å². The maximum absolute atomic E-state index is 11.6. The Morgan fingerprint density at radius 1 is 1.04 bits per heavy atom. The van der Waals surface area contributed by atoms with Crippen LogP contribution in [0.25, 0.3) is 0 Å². The summed E-state index contributed by atoms with van der Waals surface area (Å²) in [6.07, 6.45) is 11.7. The second-order valence-electron chi connectivity index (χ2n) is 6.72. The van der Waals surface area contributed by atoms with E-state index < -0.39 is 6.10 Å². The summed E-state index contributed by atoms with van der Waals surface area (Å²) in [5, 5.41) is 0. The first-order valence-electron chi connectivity index (χ1n) is 9.73. The average molecular weight is 365 g/mol. The molecule has 1 aromatic rings. The van der Waals surface area contributed by atoms with E-state index in [2.05, 4.69) is 25.1 Å². The monoisotopic (exact) mass is 364 g/mol. The molecule has 1 fully saturated rings. The number of esters is 1. The molecule has 1 aliphatic heterocycles. The molecule has 0 aliphatic carbocycles. The number of benzene rings is 1. The number of epoxide rings is 1. The van der Waals surface area contributed by atoms with Crippen molar-refractivity contribution in [1.82, 2.24) is 0 Å². The molecule has 140 valence electrons. The predicted octanol–water partition coefficient (Wildman–Crippen LogP) is 5.92. The van der Waals surface area contributed by atoms with Crippen molar-refractivity contribution < 1.29 is 14.3 Å². The summed E-state index contributed by atoms with van der Waals surface area (Å²) in [5.41, 5.74) is 1.12. The van der Waals surface area contributed by atoms with Crippen molar-refractivity contribution in [3.05, 3.63) is 29.8 Å². The lowest BCUT2D eigenvalue weighted by Crippen LogP contribution is -2.09. The van der Waals surface area contributed by atoms with Crippen LogP contribution in [0.1, 0.15) is 76.4 Å². The molecule has 0 bridgehead atoms. The third-order valence-corrected chi connectivity index (χ3v) is 5.83. The molecule has 0 amide bonds. The normalized spacial score (nSPS) is 19.0. The topological polar surface area (TPSA) is 38.8 Å². The van der Waals surface area contributed by atoms with Crippen LogP contribution in [0.15, 0.2) is 29.2 Å². The van der Waals surface area contributed by atoms with Gasteiger partial charge in [0.25, 0.3) is 0 Å². The van der Waals surface area contributed by atoms with Gasteiger partial charge in [-0.15, -0.1) is 11.8 Å². The fraction of sp³-hybridized carbons (Fsp3) is 0.667. The number of hydrogen-bond acceptors (Lipinski definition) is 4. The van der Waals surface area contributed by atoms with Gasteiger partial charge in [0.1, 0.15) is 6.10 Å². The van der Waals surface area contributed by atoms with Crippen LogP contribution in [0.4, 0.5) is 0 Å². The summed E-state index contributed by atoms with van der Waals surface area (Å²) in [5.74, 6) is 0.853. The van der Waals surface area contributed by atoms with Crippen LogP contribution in [0.2, 0.25) is 0 Å². The fourth-order valence-electron chi connectivity index (χ4n) is 3.09. The van der Waals surface area contributed by atoms with Gasteiger partial charge in [-0.05, 0) is 23.8 Å². The lowest BCUT2D eigenvalue weighted by molar-refractivity contribution is -0.142. The molecule has 0 N–H and O–H groups in total. The molecule has 2 atom stereocenters. The Labute approximate surface area is 156 Å². The number of carbonyl (C=O) groups is 1. The highest BCUT2D eigenvalue weighted by Gasteiger charge is 2.48. The quantitative estimate of drug-likeness (QED) is 0.188. The van der Waals surface area contributed by atoms with E-state index >= 15 is 0 Å². The Hall–Kier alpha value is -1.00. The summed E-state index contributed by atoms with van der Waals surface area (Å²) >= 11 is 1.88. The van der Waals surface area contributed by atoms with E-state index in [0.717, 1.165) is 11.3 Å². The number of ether oxygens (including phenoxy) is 2. The molecule has 0 unspecified atom stereocenters. The van der Waals surface area contributed by atoms with E-state index in [1.807, 2.05) is 17.8 Å². The summed E-state index contributed by atoms with van der Waals surface area (Å²) in [7, 11) is 1.41. The zero-order chi connectivity index (χ0) is 17.9. The van der Waals surface area contributed by atoms with E-state index in [1.165, 1.54) is 69.8 Å². The molecule has 3 nitrogen and oxygen atoms in total. The van der Waals surface area contributed by atoms with E-state index in [4.69, 9.17) is 9.47 Å². The van der Waals surface area contributed by atoms with Gasteiger partial charge in [0.15, 0.2) is 6.10 Å². The molecule has 0 radical (unpaired) electrons. The minimum atomic E-state index is -0.417. The Balaban J connectivity index is 1.61. The van der Waals surface area contributed by atoms with Crippen LogP contribution >= 0.6 is 11.8 Å². The summed E-state index contributed by atoms with van der Waals surface area (Å²) in [6, 6.07) is 8.25. The number of carbonyl (C=O) groups excluding carboxylic acids is 1. The maximum Gasteiger partial charge on any atom is 0.338 e. The zero-order valence-corrected chi connectivity index (χ0v) is 16.5. The highest BCUT2D eigenvalue weighted by molar-refractivity contribution is 7.99. The first-order chi connectivity index (χ1) is 12.3. The zero-order valence-electron chi connectivity index (χ0n) is 15.7. The number of unbranched alkanes of at least 4 members (excludes halogenated alkanes) is 8. The SMILES string of the molecule is CCCCCCCCCCCSc1ccccc1[C@H]1O[C@@H]1C(=O)OC. The number of rotatable bonds is 13. The van der Waals surface area contributed by atoms with Crippen molar-refractivity contribution in [3.63, 3.8) is 0 Å². The first kappa shape index (κ1) is 20.3. The molecule has 4 heteroatoms. The van der Waals surface area contributed by atoms with Gasteiger partial charge in [-0.3, -0.25) is 0 Å². The van der Waals surface area contributed by atoms with Crippen molar-refractivity contribution in [3.8, 4) is 0 Å². The van der Waals surface area contributed by atoms with E-state index in [1.54, 1.807) is 0 Å². The van der Waals surface area contributed by atoms with Crippen LogP contribution in [-0.4, -0.2) is 24.9 Å². The lowest BCUT2D eigenvalue weighted by atomic mass is 10.1. The summed E-state index contributed by atoms with van der Waals surface area (Å²) in [6.45, 7) is 2.26. The van der Waals surface area contributed by atoms with Gasteiger partial charge in [0.2, 0.25) is 0 Å². The fourth-order valence-corrected chi connectivity index (χ4v) is 4.18. The lowest BCUT2D eigenvalue weighted by Gasteiger charge is -2.07. The van der Waals surface area contributed by atoms with Gasteiger partial charge in [0, 0.05) is 4.90 Å². The highest BCUT2D eigenvalue weighted by Crippen LogP contribution is 2.43. The average Bonchev–Trinajstić information content (AvgIpc) is 3.43. The minimum absolute atomic E-state index is 0.126. The summed E-state index contributed by atoms with van der Waals surface area (Å²) < 4.78 is 10.3. The first-order valence-corrected chi connectivity index (χ1v) is 10.7. The van der Waals surface area contributed by atoms with E-state index in [-0.39, 0.29) is 12.1 Å². The largest absolute Gasteiger partial charge is 0.467 e. The van der Waals surface area contributed by atoms with Gasteiger partial charge in [-0.25, -0.2) is 4.79 Å². The standard InChI is InChI=1S/C21H32O3S/c1-3-4-5-6-7-8-9-10-13-16-25-18-15-12-11-14-17(18)19-20(24-19)21(22)23-2/h11-12,14-15,19-20H,3-10,13,16H2,1-2H3/t19-,20+/m1/s1. The third kappa shape index (κ3) is 7.02. The Kier molecular flexibility index (Phi) is 9.41. The van der Waals surface area contributed by atoms with E-state index in [0.29, 0.717) is 0 Å². The van der Waals surface area contributed by atoms with Gasteiger partial charge in [-0.1, -0.05) is 76.5 Å². The molecular formula is C21H32O3S. The molecular weight excluding hydrogens is 332 g/mol. The van der Waals surface area contributed by atoms with Gasteiger partial charge < -0.3 is 9.47 Å². The molecule has 1 saturated heterocycles. The highest BCUT2D eigenvalue weighted by atomic mass is 32.2. The van der Waals surface area contributed by atoms with Crippen molar-refractivity contribution in [2.45, 2.75) is 81.8 Å². The minimum Gasteiger partial charge on any atom is -0.467 e. The van der Waals surface area contributed by atoms with Crippen molar-refractivity contribution in [2.24, 2.45) is 0 Å². The van der Waals surface area contributed by atoms with Crippen LogP contribution < -0.4 is 0 Å². The maximum atomic E-state index is 11.6. The predicted molar refractivity (Wildman–Crippen MR) is 104 cm³/mol. The smallest absolute Gasteiger partial charge is 0.338 e. The van der Waals surface area contributed by atoms with Crippen LogP contribution in [0.5, 0.6) is 0 Å². The summed E-state index contributed by atoms with van der Waals surface area (Å²) in [4.78, 5) is 12.8. The molecule has 1 aliphatic rings. The second-order valence-corrected chi connectivity index (χ2v) is 7.85. The number of hydrogen-bond donors (Lipinski definition) is 0. The van der Waals surface area contributed by atoms with Gasteiger partial charge >= 0.3 is 5.97 Å². The Bertz CT molecular complexity index is 518. The van der Waals surface area contributed by atoms with Gasteiger partial charge in [0.05, 0.1) is 7.11 Å². The van der Waals surface area contributed by atoms with E-state index in [9.17, 15) is 4.79 Å². The number of methoxy groups -OCH3 is 1. The molecule has 2 rings (SSSR count). The third-order valence-electron chi connectivity index (χ3n) is 4.66. The number of thioether (sulfide) groups is 1. The van der Waals surface area contributed by atoms with Crippen molar-refractivity contribution in [1.29, 1.82) is 0 Å².